The van der Waals surface area contributed by atoms with Crippen LogP contribution in [0.1, 0.15) is 23.7 Å². The maximum absolute atomic E-state index is 11.3. The fourth-order valence-electron chi connectivity index (χ4n) is 0.975. The van der Waals surface area contributed by atoms with Crippen molar-refractivity contribution in [2.75, 3.05) is 0 Å². The molecule has 0 aliphatic heterocycles. The predicted octanol–water partition coefficient (Wildman–Crippen LogP) is 0.340. The summed E-state index contributed by atoms with van der Waals surface area (Å²) in [5, 5.41) is 3.90. The molecule has 1 aromatic heterocycles. The third-order valence-corrected chi connectivity index (χ3v) is 1.53. The lowest BCUT2D eigenvalue weighted by atomic mass is 10.1. The van der Waals surface area contributed by atoms with Gasteiger partial charge in [0.05, 0.1) is 11.8 Å². The molecule has 1 heterocycles. The number of hydrogen-bond acceptors (Lipinski definition) is 3. The molecule has 0 radical (unpaired) electrons. The summed E-state index contributed by atoms with van der Waals surface area (Å²) in [6, 6.07) is -0.0855. The molecule has 0 amide bonds. The largest absolute Gasteiger partial charge is 0.328 e. The van der Waals surface area contributed by atoms with Gasteiger partial charge in [-0.3, -0.25) is 9.48 Å². The molecule has 0 aliphatic rings. The summed E-state index contributed by atoms with van der Waals surface area (Å²) >= 11 is 0. The Kier molecular flexibility index (Phi) is 2.60. The predicted molar refractivity (Wildman–Crippen MR) is 45.8 cm³/mol. The number of carbonyl (C=O) groups excluding carboxylic acids is 1. The number of carbonyl (C=O) groups is 1. The van der Waals surface area contributed by atoms with E-state index in [1.54, 1.807) is 24.1 Å². The maximum atomic E-state index is 11.3. The van der Waals surface area contributed by atoms with E-state index in [1.165, 1.54) is 0 Å². The van der Waals surface area contributed by atoms with E-state index in [4.69, 9.17) is 5.73 Å². The number of aryl methyl sites for hydroxylation is 1. The Morgan fingerprint density at radius 1 is 1.83 bits per heavy atom. The molecule has 1 atom stereocenters. The lowest BCUT2D eigenvalue weighted by molar-refractivity contribution is 0.0976. The number of rotatable bonds is 3. The maximum Gasteiger partial charge on any atom is 0.167 e. The first-order valence-electron chi connectivity index (χ1n) is 3.87. The summed E-state index contributed by atoms with van der Waals surface area (Å²) < 4.78 is 1.61. The third-order valence-electron chi connectivity index (χ3n) is 1.53. The van der Waals surface area contributed by atoms with Crippen molar-refractivity contribution in [3.8, 4) is 0 Å². The van der Waals surface area contributed by atoms with Crippen molar-refractivity contribution >= 4 is 5.78 Å². The van der Waals surface area contributed by atoms with Crippen molar-refractivity contribution in [2.24, 2.45) is 12.8 Å². The highest BCUT2D eigenvalue weighted by Gasteiger charge is 2.09. The van der Waals surface area contributed by atoms with E-state index in [2.05, 4.69) is 5.10 Å². The van der Waals surface area contributed by atoms with Crippen LogP contribution >= 0.6 is 0 Å². The molecule has 2 N–H and O–H groups in total. The van der Waals surface area contributed by atoms with Gasteiger partial charge >= 0.3 is 0 Å². The van der Waals surface area contributed by atoms with Gasteiger partial charge in [-0.05, 0) is 6.92 Å². The first-order valence-corrected chi connectivity index (χ1v) is 3.87. The summed E-state index contributed by atoms with van der Waals surface area (Å²) in [6.07, 6.45) is 3.64. The molecule has 0 bridgehead atoms. The SMILES string of the molecule is CC(N)CC(=O)c1cnn(C)c1. The topological polar surface area (TPSA) is 60.9 Å². The molecule has 0 saturated heterocycles. The van der Waals surface area contributed by atoms with Crippen LogP contribution in [0.25, 0.3) is 0 Å². The van der Waals surface area contributed by atoms with Crippen LogP contribution in [0.5, 0.6) is 0 Å². The third kappa shape index (κ3) is 2.17. The summed E-state index contributed by atoms with van der Waals surface area (Å²) in [6.45, 7) is 1.81. The van der Waals surface area contributed by atoms with Crippen molar-refractivity contribution in [3.05, 3.63) is 18.0 Å². The van der Waals surface area contributed by atoms with Crippen molar-refractivity contribution in [3.63, 3.8) is 0 Å². The van der Waals surface area contributed by atoms with E-state index in [0.717, 1.165) is 0 Å². The van der Waals surface area contributed by atoms with E-state index < -0.39 is 0 Å². The standard InChI is InChI=1S/C8H13N3O/c1-6(9)3-8(12)7-4-10-11(2)5-7/h4-6H,3,9H2,1-2H3. The molecule has 4 heteroatoms. The molecular formula is C8H13N3O. The molecule has 0 saturated carbocycles. The number of nitrogens with two attached hydrogens (primary N) is 1. The molecule has 4 nitrogen and oxygen atoms in total. The molecule has 1 rings (SSSR count). The Hall–Kier alpha value is -1.16. The Labute approximate surface area is 71.4 Å². The van der Waals surface area contributed by atoms with Crippen LogP contribution in [0.4, 0.5) is 0 Å². The molecule has 1 aromatic rings. The molecule has 0 spiro atoms. The average Bonchev–Trinajstić information content (AvgIpc) is 2.34. The van der Waals surface area contributed by atoms with Crippen LogP contribution in [0.3, 0.4) is 0 Å². The minimum Gasteiger partial charge on any atom is -0.328 e. The van der Waals surface area contributed by atoms with Crippen molar-refractivity contribution in [1.29, 1.82) is 0 Å². The van der Waals surface area contributed by atoms with Gasteiger partial charge in [0.25, 0.3) is 0 Å². The highest BCUT2D eigenvalue weighted by atomic mass is 16.1. The number of Topliss-reactive ketones (excluding diaryl/α,β-unsaturated/α-hetero) is 1. The van der Waals surface area contributed by atoms with E-state index in [1.807, 2.05) is 6.92 Å². The summed E-state index contributed by atoms with van der Waals surface area (Å²) in [7, 11) is 1.78. The lowest BCUT2D eigenvalue weighted by Gasteiger charge is -2.00. The summed E-state index contributed by atoms with van der Waals surface area (Å²) in [4.78, 5) is 11.3. The molecule has 0 fully saturated rings. The second kappa shape index (κ2) is 3.49. The summed E-state index contributed by atoms with van der Waals surface area (Å²) in [5.41, 5.74) is 6.12. The smallest absolute Gasteiger partial charge is 0.167 e. The highest BCUT2D eigenvalue weighted by molar-refractivity contribution is 5.95. The van der Waals surface area contributed by atoms with Gasteiger partial charge in [0, 0.05) is 25.7 Å². The molecule has 1 unspecified atom stereocenters. The van der Waals surface area contributed by atoms with Crippen molar-refractivity contribution in [1.82, 2.24) is 9.78 Å². The van der Waals surface area contributed by atoms with Gasteiger partial charge in [0.15, 0.2) is 5.78 Å². The van der Waals surface area contributed by atoms with Crippen LogP contribution in [0, 0.1) is 0 Å². The molecule has 0 aromatic carbocycles. The second-order valence-corrected chi connectivity index (χ2v) is 3.01. The fraction of sp³-hybridized carbons (Fsp3) is 0.500. The van der Waals surface area contributed by atoms with E-state index in [9.17, 15) is 4.79 Å². The zero-order chi connectivity index (χ0) is 9.14. The second-order valence-electron chi connectivity index (χ2n) is 3.01. The minimum absolute atomic E-state index is 0.0538. The molecular weight excluding hydrogens is 154 g/mol. The zero-order valence-corrected chi connectivity index (χ0v) is 7.32. The van der Waals surface area contributed by atoms with Gasteiger partial charge in [-0.25, -0.2) is 0 Å². The monoisotopic (exact) mass is 167 g/mol. The minimum atomic E-state index is -0.0855. The zero-order valence-electron chi connectivity index (χ0n) is 7.32. The van der Waals surface area contributed by atoms with Crippen LogP contribution in [-0.2, 0) is 7.05 Å². The van der Waals surface area contributed by atoms with Crippen LogP contribution in [-0.4, -0.2) is 21.6 Å². The number of ketones is 1. The van der Waals surface area contributed by atoms with Gasteiger partial charge in [-0.1, -0.05) is 0 Å². The van der Waals surface area contributed by atoms with E-state index in [-0.39, 0.29) is 11.8 Å². The number of aromatic nitrogens is 2. The van der Waals surface area contributed by atoms with Gasteiger partial charge in [-0.15, -0.1) is 0 Å². The Bertz CT molecular complexity index is 278. The Morgan fingerprint density at radius 3 is 2.92 bits per heavy atom. The van der Waals surface area contributed by atoms with Gasteiger partial charge in [-0.2, -0.15) is 5.10 Å². The van der Waals surface area contributed by atoms with Crippen molar-refractivity contribution < 1.29 is 4.79 Å². The van der Waals surface area contributed by atoms with Gasteiger partial charge in [0.2, 0.25) is 0 Å². The number of nitrogens with zero attached hydrogens (tertiary/aromatic N) is 2. The van der Waals surface area contributed by atoms with Gasteiger partial charge in [0.1, 0.15) is 0 Å². The molecule has 66 valence electrons. The summed E-state index contributed by atoms with van der Waals surface area (Å²) in [5.74, 6) is 0.0538. The Morgan fingerprint density at radius 2 is 2.50 bits per heavy atom. The van der Waals surface area contributed by atoms with E-state index >= 15 is 0 Å². The fourth-order valence-corrected chi connectivity index (χ4v) is 0.975. The van der Waals surface area contributed by atoms with Crippen LogP contribution in [0.15, 0.2) is 12.4 Å². The first-order chi connectivity index (χ1) is 5.59. The van der Waals surface area contributed by atoms with E-state index in [0.29, 0.717) is 12.0 Å². The number of hydrogen-bond donors (Lipinski definition) is 1. The van der Waals surface area contributed by atoms with Gasteiger partial charge < -0.3 is 5.73 Å². The molecule has 0 aliphatic carbocycles. The van der Waals surface area contributed by atoms with Crippen molar-refractivity contribution in [2.45, 2.75) is 19.4 Å². The molecule has 12 heavy (non-hydrogen) atoms. The average molecular weight is 167 g/mol. The Balaban J connectivity index is 2.65. The first kappa shape index (κ1) is 8.93. The highest BCUT2D eigenvalue weighted by Crippen LogP contribution is 2.02. The quantitative estimate of drug-likeness (QED) is 0.660. The van der Waals surface area contributed by atoms with Crippen LogP contribution < -0.4 is 5.73 Å². The normalized spacial score (nSPS) is 12.9. The van der Waals surface area contributed by atoms with Crippen LogP contribution in [0.2, 0.25) is 0 Å². The lowest BCUT2D eigenvalue weighted by Crippen LogP contribution is -2.19.